The number of hydrogen-bond donors (Lipinski definition) is 1. The normalized spacial score (nSPS) is 16.1. The number of amides is 2. The molecule has 1 aliphatic rings. The summed E-state index contributed by atoms with van der Waals surface area (Å²) in [7, 11) is 0. The third-order valence-electron chi connectivity index (χ3n) is 3.94. The Kier molecular flexibility index (Phi) is 4.35. The third kappa shape index (κ3) is 2.94. The van der Waals surface area contributed by atoms with Crippen LogP contribution in [0.25, 0.3) is 0 Å². The van der Waals surface area contributed by atoms with Gasteiger partial charge in [0.05, 0.1) is 0 Å². The van der Waals surface area contributed by atoms with E-state index in [-0.39, 0.29) is 11.8 Å². The lowest BCUT2D eigenvalue weighted by Gasteiger charge is -2.25. The van der Waals surface area contributed by atoms with Gasteiger partial charge in [0.15, 0.2) is 0 Å². The van der Waals surface area contributed by atoms with Gasteiger partial charge in [-0.2, -0.15) is 0 Å². The number of fused-ring (bicyclic) bond motifs is 1. The summed E-state index contributed by atoms with van der Waals surface area (Å²) in [5.74, 6) is -0.325. The van der Waals surface area contributed by atoms with Gasteiger partial charge in [-0.05, 0) is 42.8 Å². The van der Waals surface area contributed by atoms with Crippen molar-refractivity contribution in [3.8, 4) is 0 Å². The molecule has 0 unspecified atom stereocenters. The second-order valence-electron chi connectivity index (χ2n) is 5.43. The monoisotopic (exact) mass is 328 g/mol. The minimum absolute atomic E-state index is 0.133. The molecule has 4 nitrogen and oxygen atoms in total. The average molecular weight is 329 g/mol. The van der Waals surface area contributed by atoms with Crippen molar-refractivity contribution >= 4 is 29.1 Å². The van der Waals surface area contributed by atoms with E-state index >= 15 is 0 Å². The molecule has 0 aromatic heterocycles. The zero-order chi connectivity index (χ0) is 16.4. The zero-order valence-electron chi connectivity index (χ0n) is 12.8. The molecule has 2 aromatic rings. The SMILES string of the molecule is CCNC(=O)[C@@H]1Cc2ccccc2N1C(=O)c1ccc(Cl)cc1. The molecule has 5 heteroatoms. The Morgan fingerprint density at radius 2 is 1.87 bits per heavy atom. The van der Waals surface area contributed by atoms with Crippen LogP contribution < -0.4 is 10.2 Å². The van der Waals surface area contributed by atoms with Crippen LogP contribution in [0.1, 0.15) is 22.8 Å². The molecule has 2 amide bonds. The topological polar surface area (TPSA) is 49.4 Å². The standard InChI is InChI=1S/C18H17ClN2O2/c1-2-20-17(22)16-11-13-5-3-4-6-15(13)21(16)18(23)12-7-9-14(19)10-8-12/h3-10,16H,2,11H2,1H3,(H,20,22)/t16-/m0/s1. The van der Waals surface area contributed by atoms with Crippen LogP contribution >= 0.6 is 11.6 Å². The molecule has 0 radical (unpaired) electrons. The summed E-state index contributed by atoms with van der Waals surface area (Å²) >= 11 is 5.89. The number of likely N-dealkylation sites (N-methyl/N-ethyl adjacent to an activating group) is 1. The van der Waals surface area contributed by atoms with E-state index in [0.717, 1.165) is 11.3 Å². The molecule has 1 heterocycles. The molecule has 1 aliphatic heterocycles. The highest BCUT2D eigenvalue weighted by Gasteiger charge is 2.38. The molecule has 3 rings (SSSR count). The summed E-state index contributed by atoms with van der Waals surface area (Å²) < 4.78 is 0. The predicted molar refractivity (Wildman–Crippen MR) is 90.9 cm³/mol. The van der Waals surface area contributed by atoms with E-state index in [1.165, 1.54) is 0 Å². The Hall–Kier alpha value is -2.33. The van der Waals surface area contributed by atoms with Gasteiger partial charge in [-0.15, -0.1) is 0 Å². The Morgan fingerprint density at radius 3 is 2.57 bits per heavy atom. The molecule has 118 valence electrons. The Labute approximate surface area is 140 Å². The van der Waals surface area contributed by atoms with E-state index in [1.54, 1.807) is 29.2 Å². The summed E-state index contributed by atoms with van der Waals surface area (Å²) in [6.45, 7) is 2.40. The third-order valence-corrected chi connectivity index (χ3v) is 4.19. The fraction of sp³-hybridized carbons (Fsp3) is 0.222. The second kappa shape index (κ2) is 6.42. The lowest BCUT2D eigenvalue weighted by molar-refractivity contribution is -0.122. The van der Waals surface area contributed by atoms with Crippen LogP contribution in [0.2, 0.25) is 5.02 Å². The molecule has 0 fully saturated rings. The maximum atomic E-state index is 12.9. The van der Waals surface area contributed by atoms with Crippen molar-refractivity contribution in [1.29, 1.82) is 0 Å². The van der Waals surface area contributed by atoms with Gasteiger partial charge in [-0.3, -0.25) is 14.5 Å². The van der Waals surface area contributed by atoms with Gasteiger partial charge in [0.2, 0.25) is 5.91 Å². The lowest BCUT2D eigenvalue weighted by atomic mass is 10.1. The number of nitrogens with zero attached hydrogens (tertiary/aromatic N) is 1. The predicted octanol–water partition coefficient (Wildman–Crippen LogP) is 3.05. The van der Waals surface area contributed by atoms with Crippen molar-refractivity contribution in [2.24, 2.45) is 0 Å². The lowest BCUT2D eigenvalue weighted by Crippen LogP contribution is -2.48. The van der Waals surface area contributed by atoms with Gasteiger partial charge >= 0.3 is 0 Å². The number of para-hydroxylation sites is 1. The quantitative estimate of drug-likeness (QED) is 0.941. The van der Waals surface area contributed by atoms with Crippen LogP contribution in [0.5, 0.6) is 0 Å². The highest BCUT2D eigenvalue weighted by atomic mass is 35.5. The first kappa shape index (κ1) is 15.6. The van der Waals surface area contributed by atoms with E-state index in [0.29, 0.717) is 23.6 Å². The van der Waals surface area contributed by atoms with Crippen molar-refractivity contribution in [1.82, 2.24) is 5.32 Å². The van der Waals surface area contributed by atoms with Crippen LogP contribution in [0, 0.1) is 0 Å². The number of benzene rings is 2. The Balaban J connectivity index is 1.99. The summed E-state index contributed by atoms with van der Waals surface area (Å²) in [6, 6.07) is 13.8. The molecule has 0 bridgehead atoms. The number of rotatable bonds is 3. The van der Waals surface area contributed by atoms with E-state index in [4.69, 9.17) is 11.6 Å². The van der Waals surface area contributed by atoms with E-state index in [2.05, 4.69) is 5.32 Å². The molecule has 0 saturated heterocycles. The average Bonchev–Trinajstić information content (AvgIpc) is 2.94. The minimum Gasteiger partial charge on any atom is -0.355 e. The van der Waals surface area contributed by atoms with Crippen molar-refractivity contribution in [3.05, 3.63) is 64.7 Å². The highest BCUT2D eigenvalue weighted by molar-refractivity contribution is 6.30. The fourth-order valence-electron chi connectivity index (χ4n) is 2.87. The largest absolute Gasteiger partial charge is 0.355 e. The molecule has 1 N–H and O–H groups in total. The smallest absolute Gasteiger partial charge is 0.259 e. The highest BCUT2D eigenvalue weighted by Crippen LogP contribution is 2.33. The molecule has 1 atom stereocenters. The molecule has 0 aliphatic carbocycles. The molecule has 23 heavy (non-hydrogen) atoms. The molecule has 0 saturated carbocycles. The molecular weight excluding hydrogens is 312 g/mol. The second-order valence-corrected chi connectivity index (χ2v) is 5.86. The van der Waals surface area contributed by atoms with Crippen LogP contribution in [-0.4, -0.2) is 24.4 Å². The van der Waals surface area contributed by atoms with Crippen molar-refractivity contribution in [2.75, 3.05) is 11.4 Å². The summed E-state index contributed by atoms with van der Waals surface area (Å²) in [5, 5.41) is 3.39. The number of carbonyl (C=O) groups is 2. The van der Waals surface area contributed by atoms with Gasteiger partial charge in [-0.1, -0.05) is 29.8 Å². The van der Waals surface area contributed by atoms with Crippen LogP contribution in [0.3, 0.4) is 0 Å². The first-order valence-corrected chi connectivity index (χ1v) is 7.94. The van der Waals surface area contributed by atoms with Crippen LogP contribution in [0.15, 0.2) is 48.5 Å². The van der Waals surface area contributed by atoms with Crippen molar-refractivity contribution < 1.29 is 9.59 Å². The molecule has 2 aromatic carbocycles. The van der Waals surface area contributed by atoms with E-state index in [1.807, 2.05) is 31.2 Å². The first-order chi connectivity index (χ1) is 11.1. The van der Waals surface area contributed by atoms with Gasteiger partial charge in [0, 0.05) is 29.2 Å². The van der Waals surface area contributed by atoms with Crippen LogP contribution in [0.4, 0.5) is 5.69 Å². The Bertz CT molecular complexity index is 743. The first-order valence-electron chi connectivity index (χ1n) is 7.56. The van der Waals surface area contributed by atoms with Gasteiger partial charge in [-0.25, -0.2) is 0 Å². The Morgan fingerprint density at radius 1 is 1.17 bits per heavy atom. The van der Waals surface area contributed by atoms with Gasteiger partial charge in [0.25, 0.3) is 5.91 Å². The zero-order valence-corrected chi connectivity index (χ0v) is 13.5. The van der Waals surface area contributed by atoms with Gasteiger partial charge in [0.1, 0.15) is 6.04 Å². The maximum Gasteiger partial charge on any atom is 0.259 e. The number of halogens is 1. The molecular formula is C18H17ClN2O2. The summed E-state index contributed by atoms with van der Waals surface area (Å²) in [6.07, 6.45) is 0.529. The van der Waals surface area contributed by atoms with E-state index < -0.39 is 6.04 Å². The number of anilines is 1. The van der Waals surface area contributed by atoms with Crippen molar-refractivity contribution in [3.63, 3.8) is 0 Å². The number of nitrogens with one attached hydrogen (secondary N) is 1. The number of hydrogen-bond acceptors (Lipinski definition) is 2. The minimum atomic E-state index is -0.518. The number of carbonyl (C=O) groups excluding carboxylic acids is 2. The summed E-state index contributed by atoms with van der Waals surface area (Å²) in [5.41, 5.74) is 2.31. The molecule has 0 spiro atoms. The van der Waals surface area contributed by atoms with E-state index in [9.17, 15) is 9.59 Å². The van der Waals surface area contributed by atoms with Crippen molar-refractivity contribution in [2.45, 2.75) is 19.4 Å². The fourth-order valence-corrected chi connectivity index (χ4v) is 3.00. The van der Waals surface area contributed by atoms with Gasteiger partial charge < -0.3 is 5.32 Å². The summed E-state index contributed by atoms with van der Waals surface area (Å²) in [4.78, 5) is 26.9. The van der Waals surface area contributed by atoms with Crippen LogP contribution in [-0.2, 0) is 11.2 Å². The maximum absolute atomic E-state index is 12.9.